The Balaban J connectivity index is 3.39. The van der Waals surface area contributed by atoms with E-state index in [4.69, 9.17) is 9.84 Å². The molecule has 0 rings (SSSR count). The predicted octanol–water partition coefficient (Wildman–Crippen LogP) is 0.390. The number of hydrogen-bond donors (Lipinski definition) is 1. The van der Waals surface area contributed by atoms with Gasteiger partial charge in [-0.1, -0.05) is 0 Å². The molecular formula is C5H11NO2. The van der Waals surface area contributed by atoms with Gasteiger partial charge in [0.25, 0.3) is 0 Å². The zero-order valence-electron chi connectivity index (χ0n) is 5.38. The van der Waals surface area contributed by atoms with Crippen molar-refractivity contribution in [2.24, 2.45) is 4.99 Å². The van der Waals surface area contributed by atoms with Crippen LogP contribution in [-0.2, 0) is 4.74 Å². The predicted molar refractivity (Wildman–Crippen MR) is 31.8 cm³/mol. The van der Waals surface area contributed by atoms with Crippen LogP contribution in [0.25, 0.3) is 0 Å². The van der Waals surface area contributed by atoms with E-state index in [9.17, 15) is 0 Å². The number of hydrogen-bond acceptors (Lipinski definition) is 3. The Labute approximate surface area is 49.0 Å². The Bertz CT molecular complexity index is 88.4. The summed E-state index contributed by atoms with van der Waals surface area (Å²) in [6.45, 7) is 3.22. The highest BCUT2D eigenvalue weighted by Crippen LogP contribution is 1.85. The Morgan fingerprint density at radius 2 is 2.25 bits per heavy atom. The summed E-state index contributed by atoms with van der Waals surface area (Å²) < 4.78 is 4.70. The molecular weight excluding hydrogens is 106 g/mol. The van der Waals surface area contributed by atoms with Crippen LogP contribution in [0.15, 0.2) is 4.99 Å². The second-order valence-corrected chi connectivity index (χ2v) is 1.46. The molecule has 1 unspecified atom stereocenters. The lowest BCUT2D eigenvalue weighted by Gasteiger charge is -2.05. The molecule has 3 heteroatoms. The number of nitrogens with zero attached hydrogens (tertiary/aromatic N) is 1. The van der Waals surface area contributed by atoms with E-state index in [0.717, 1.165) is 0 Å². The summed E-state index contributed by atoms with van der Waals surface area (Å²) in [5.74, 6) is 0.500. The number of aliphatic imine (C=N–C) groups is 1. The maximum Gasteiger partial charge on any atom is 0.195 e. The summed E-state index contributed by atoms with van der Waals surface area (Å²) in [5.41, 5.74) is 0. The minimum Gasteiger partial charge on any atom is -0.453 e. The van der Waals surface area contributed by atoms with E-state index in [-0.39, 0.29) is 0 Å². The van der Waals surface area contributed by atoms with Gasteiger partial charge in [-0.25, -0.2) is 0 Å². The smallest absolute Gasteiger partial charge is 0.195 e. The molecule has 0 aromatic rings. The topological polar surface area (TPSA) is 41.8 Å². The molecule has 0 amide bonds. The third-order valence-corrected chi connectivity index (χ3v) is 0.656. The van der Waals surface area contributed by atoms with Gasteiger partial charge < -0.3 is 9.84 Å². The molecule has 0 fully saturated rings. The number of aliphatic hydroxyl groups excluding tert-OH is 1. The minimum atomic E-state index is -0.751. The second-order valence-electron chi connectivity index (χ2n) is 1.46. The number of aliphatic hydroxyl groups is 1. The first kappa shape index (κ1) is 7.43. The van der Waals surface area contributed by atoms with Gasteiger partial charge in [0.1, 0.15) is 0 Å². The maximum absolute atomic E-state index is 8.55. The molecule has 1 atom stereocenters. The van der Waals surface area contributed by atoms with Crippen molar-refractivity contribution < 1.29 is 9.84 Å². The van der Waals surface area contributed by atoms with Gasteiger partial charge >= 0.3 is 0 Å². The number of ether oxygens (including phenoxy) is 1. The molecule has 0 heterocycles. The first-order chi connectivity index (χ1) is 3.66. The van der Waals surface area contributed by atoms with E-state index in [2.05, 4.69) is 4.99 Å². The van der Waals surface area contributed by atoms with E-state index in [1.165, 1.54) is 6.92 Å². The molecule has 1 N–H and O–H groups in total. The highest BCUT2D eigenvalue weighted by atomic mass is 16.6. The normalized spacial score (nSPS) is 15.8. The summed E-state index contributed by atoms with van der Waals surface area (Å²) in [6, 6.07) is 0. The van der Waals surface area contributed by atoms with Gasteiger partial charge in [0.15, 0.2) is 12.2 Å². The Kier molecular flexibility index (Phi) is 3.19. The summed E-state index contributed by atoms with van der Waals surface area (Å²) in [6.07, 6.45) is -0.751. The second kappa shape index (κ2) is 3.43. The summed E-state index contributed by atoms with van der Waals surface area (Å²) in [4.78, 5) is 3.66. The fraction of sp³-hybridized carbons (Fsp3) is 0.800. The zero-order chi connectivity index (χ0) is 6.57. The molecule has 3 nitrogen and oxygen atoms in total. The van der Waals surface area contributed by atoms with Gasteiger partial charge in [-0.15, -0.1) is 0 Å². The highest BCUT2D eigenvalue weighted by molar-refractivity contribution is 5.72. The van der Waals surface area contributed by atoms with E-state index in [1.807, 2.05) is 0 Å². The van der Waals surface area contributed by atoms with Gasteiger partial charge in [-0.3, -0.25) is 4.99 Å². The van der Waals surface area contributed by atoms with Crippen molar-refractivity contribution in [3.05, 3.63) is 0 Å². The van der Waals surface area contributed by atoms with E-state index in [1.54, 1.807) is 14.0 Å². The largest absolute Gasteiger partial charge is 0.453 e. The van der Waals surface area contributed by atoms with Crippen LogP contribution in [0.5, 0.6) is 0 Å². The number of rotatable bonds is 1. The van der Waals surface area contributed by atoms with E-state index in [0.29, 0.717) is 5.90 Å². The van der Waals surface area contributed by atoms with Crippen LogP contribution in [0.3, 0.4) is 0 Å². The molecule has 0 aromatic heterocycles. The van der Waals surface area contributed by atoms with Crippen molar-refractivity contribution in [3.8, 4) is 0 Å². The van der Waals surface area contributed by atoms with Gasteiger partial charge in [0, 0.05) is 14.0 Å². The molecule has 0 aliphatic heterocycles. The summed E-state index contributed by atoms with van der Waals surface area (Å²) in [7, 11) is 1.61. The lowest BCUT2D eigenvalue weighted by Crippen LogP contribution is -2.10. The van der Waals surface area contributed by atoms with Crippen LogP contribution in [0.2, 0.25) is 0 Å². The Hall–Kier alpha value is -0.570. The first-order valence-electron chi connectivity index (χ1n) is 2.45. The van der Waals surface area contributed by atoms with Crippen LogP contribution in [0.1, 0.15) is 13.8 Å². The van der Waals surface area contributed by atoms with Gasteiger partial charge in [-0.05, 0) is 6.92 Å². The van der Waals surface area contributed by atoms with E-state index >= 15 is 0 Å². The van der Waals surface area contributed by atoms with Crippen molar-refractivity contribution in [2.75, 3.05) is 7.05 Å². The highest BCUT2D eigenvalue weighted by Gasteiger charge is 1.93. The lowest BCUT2D eigenvalue weighted by molar-refractivity contribution is -0.0113. The fourth-order valence-corrected chi connectivity index (χ4v) is 0.300. The van der Waals surface area contributed by atoms with Crippen molar-refractivity contribution >= 4 is 5.90 Å². The molecule has 0 aliphatic rings. The third-order valence-electron chi connectivity index (χ3n) is 0.656. The molecule has 0 aliphatic carbocycles. The van der Waals surface area contributed by atoms with Crippen molar-refractivity contribution in [2.45, 2.75) is 20.1 Å². The molecule has 0 saturated carbocycles. The molecule has 0 radical (unpaired) electrons. The minimum absolute atomic E-state index is 0.500. The zero-order valence-corrected chi connectivity index (χ0v) is 5.38. The lowest BCUT2D eigenvalue weighted by atomic mass is 10.7. The molecule has 48 valence electrons. The van der Waals surface area contributed by atoms with E-state index < -0.39 is 6.29 Å². The summed E-state index contributed by atoms with van der Waals surface area (Å²) >= 11 is 0. The molecule has 0 aromatic carbocycles. The third kappa shape index (κ3) is 3.61. The molecule has 0 saturated heterocycles. The Morgan fingerprint density at radius 1 is 1.75 bits per heavy atom. The molecule has 8 heavy (non-hydrogen) atoms. The maximum atomic E-state index is 8.55. The monoisotopic (exact) mass is 117 g/mol. The quantitative estimate of drug-likeness (QED) is 0.306. The average Bonchev–Trinajstić information content (AvgIpc) is 1.65. The van der Waals surface area contributed by atoms with Crippen LogP contribution in [0.4, 0.5) is 0 Å². The summed E-state index contributed by atoms with van der Waals surface area (Å²) in [5, 5.41) is 8.55. The van der Waals surface area contributed by atoms with Crippen LogP contribution < -0.4 is 0 Å². The van der Waals surface area contributed by atoms with Gasteiger partial charge in [-0.2, -0.15) is 0 Å². The van der Waals surface area contributed by atoms with Crippen LogP contribution in [0, 0.1) is 0 Å². The van der Waals surface area contributed by atoms with Gasteiger partial charge in [0.2, 0.25) is 0 Å². The standard InChI is InChI=1S/C5H11NO2/c1-4(6-3)8-5(2)7/h5,7H,1-3H3. The van der Waals surface area contributed by atoms with Crippen molar-refractivity contribution in [1.29, 1.82) is 0 Å². The average molecular weight is 117 g/mol. The van der Waals surface area contributed by atoms with Crippen LogP contribution in [-0.4, -0.2) is 24.3 Å². The van der Waals surface area contributed by atoms with Crippen LogP contribution >= 0.6 is 0 Å². The molecule has 0 bridgehead atoms. The fourth-order valence-electron chi connectivity index (χ4n) is 0.300. The Morgan fingerprint density at radius 3 is 2.38 bits per heavy atom. The van der Waals surface area contributed by atoms with Gasteiger partial charge in [0.05, 0.1) is 0 Å². The SMILES string of the molecule is CN=C(C)OC(C)O. The molecule has 0 spiro atoms. The first-order valence-corrected chi connectivity index (χ1v) is 2.45. The van der Waals surface area contributed by atoms with Crippen molar-refractivity contribution in [1.82, 2.24) is 0 Å². The van der Waals surface area contributed by atoms with Crippen molar-refractivity contribution in [3.63, 3.8) is 0 Å².